The third kappa shape index (κ3) is 3.64. The van der Waals surface area contributed by atoms with Crippen LogP contribution in [0.4, 0.5) is 0 Å². The van der Waals surface area contributed by atoms with E-state index in [-0.39, 0.29) is 18.0 Å². The molecule has 0 bridgehead atoms. The maximum absolute atomic E-state index is 12.5. The van der Waals surface area contributed by atoms with Crippen LogP contribution < -0.4 is 5.32 Å². The molecule has 1 aliphatic rings. The molecule has 1 aromatic rings. The molecule has 0 saturated carbocycles. The van der Waals surface area contributed by atoms with Crippen LogP contribution in [0.3, 0.4) is 0 Å². The fourth-order valence-corrected chi connectivity index (χ4v) is 3.11. The van der Waals surface area contributed by atoms with Crippen LogP contribution in [0, 0.1) is 5.92 Å². The van der Waals surface area contributed by atoms with E-state index in [1.807, 2.05) is 16.8 Å². The van der Waals surface area contributed by atoms with Gasteiger partial charge in [0.25, 0.3) is 5.91 Å². The van der Waals surface area contributed by atoms with Gasteiger partial charge in [0.2, 0.25) is 0 Å². The standard InChI is InChI=1S/C15H23BrN2O2/c1-10(2)18-9-13(16)8-14(18)15(19)17-11(3)12-4-6-20-7-5-12/h8-12H,4-7H2,1-3H3,(H,17,19). The minimum absolute atomic E-state index is 0.00314. The Balaban J connectivity index is 2.04. The van der Waals surface area contributed by atoms with Gasteiger partial charge in [0.1, 0.15) is 5.69 Å². The minimum Gasteiger partial charge on any atom is -0.381 e. The van der Waals surface area contributed by atoms with E-state index in [9.17, 15) is 4.79 Å². The molecule has 20 heavy (non-hydrogen) atoms. The Morgan fingerprint density at radius 2 is 2.05 bits per heavy atom. The number of hydrogen-bond donors (Lipinski definition) is 1. The average molecular weight is 343 g/mol. The second-order valence-corrected chi connectivity index (χ2v) is 6.67. The van der Waals surface area contributed by atoms with Crippen LogP contribution in [-0.4, -0.2) is 29.7 Å². The topological polar surface area (TPSA) is 43.3 Å². The first kappa shape index (κ1) is 15.6. The predicted molar refractivity (Wildman–Crippen MR) is 83.0 cm³/mol. The average Bonchev–Trinajstić information content (AvgIpc) is 2.82. The summed E-state index contributed by atoms with van der Waals surface area (Å²) < 4.78 is 8.31. The molecule has 1 aliphatic heterocycles. The Morgan fingerprint density at radius 1 is 1.40 bits per heavy atom. The Labute approximate surface area is 129 Å². The number of carbonyl (C=O) groups is 1. The number of aromatic nitrogens is 1. The summed E-state index contributed by atoms with van der Waals surface area (Å²) in [7, 11) is 0. The van der Waals surface area contributed by atoms with Crippen molar-refractivity contribution >= 4 is 21.8 Å². The van der Waals surface area contributed by atoms with E-state index < -0.39 is 0 Å². The van der Waals surface area contributed by atoms with Crippen molar-refractivity contribution < 1.29 is 9.53 Å². The van der Waals surface area contributed by atoms with Crippen LogP contribution >= 0.6 is 15.9 Å². The van der Waals surface area contributed by atoms with Crippen molar-refractivity contribution in [1.82, 2.24) is 9.88 Å². The van der Waals surface area contributed by atoms with Crippen LogP contribution in [-0.2, 0) is 4.74 Å². The molecular formula is C15H23BrN2O2. The normalized spacial score (nSPS) is 18.2. The third-order valence-corrected chi connectivity index (χ3v) is 4.37. The van der Waals surface area contributed by atoms with Gasteiger partial charge in [-0.1, -0.05) is 0 Å². The molecule has 0 aliphatic carbocycles. The van der Waals surface area contributed by atoms with Crippen molar-refractivity contribution in [2.24, 2.45) is 5.92 Å². The van der Waals surface area contributed by atoms with Gasteiger partial charge in [-0.05, 0) is 61.5 Å². The maximum Gasteiger partial charge on any atom is 0.268 e. The molecular weight excluding hydrogens is 320 g/mol. The Hall–Kier alpha value is -0.810. The number of rotatable bonds is 4. The number of nitrogens with one attached hydrogen (secondary N) is 1. The summed E-state index contributed by atoms with van der Waals surface area (Å²) in [5, 5.41) is 3.14. The van der Waals surface area contributed by atoms with Crippen LogP contribution in [0.5, 0.6) is 0 Å². The molecule has 1 amide bonds. The highest BCUT2D eigenvalue weighted by molar-refractivity contribution is 9.10. The second-order valence-electron chi connectivity index (χ2n) is 5.76. The zero-order valence-corrected chi connectivity index (χ0v) is 13.9. The molecule has 1 aromatic heterocycles. The molecule has 2 heterocycles. The maximum atomic E-state index is 12.5. The molecule has 1 atom stereocenters. The third-order valence-electron chi connectivity index (χ3n) is 3.94. The monoisotopic (exact) mass is 342 g/mol. The lowest BCUT2D eigenvalue weighted by Crippen LogP contribution is -2.41. The van der Waals surface area contributed by atoms with Crippen LogP contribution in [0.1, 0.15) is 50.1 Å². The lowest BCUT2D eigenvalue weighted by Gasteiger charge is -2.28. The van der Waals surface area contributed by atoms with E-state index >= 15 is 0 Å². The molecule has 1 saturated heterocycles. The van der Waals surface area contributed by atoms with Gasteiger partial charge in [-0.2, -0.15) is 0 Å². The van der Waals surface area contributed by atoms with Gasteiger partial charge in [-0.15, -0.1) is 0 Å². The van der Waals surface area contributed by atoms with Crippen molar-refractivity contribution in [3.63, 3.8) is 0 Å². The lowest BCUT2D eigenvalue weighted by atomic mass is 9.93. The molecule has 0 radical (unpaired) electrons. The SMILES string of the molecule is CC(NC(=O)c1cc(Br)cn1C(C)C)C1CCOCC1. The highest BCUT2D eigenvalue weighted by Gasteiger charge is 2.23. The summed E-state index contributed by atoms with van der Waals surface area (Å²) in [4.78, 5) is 12.5. The molecule has 1 N–H and O–H groups in total. The van der Waals surface area contributed by atoms with Crippen LogP contribution in [0.15, 0.2) is 16.7 Å². The van der Waals surface area contributed by atoms with Gasteiger partial charge in [-0.25, -0.2) is 0 Å². The van der Waals surface area contributed by atoms with Crippen molar-refractivity contribution in [3.05, 3.63) is 22.4 Å². The summed E-state index contributed by atoms with van der Waals surface area (Å²) in [5.74, 6) is 0.516. The molecule has 4 nitrogen and oxygen atoms in total. The smallest absolute Gasteiger partial charge is 0.268 e. The first-order valence-corrected chi connectivity index (χ1v) is 8.04. The van der Waals surface area contributed by atoms with E-state index in [1.165, 1.54) is 0 Å². The number of carbonyl (C=O) groups excluding carboxylic acids is 1. The first-order valence-electron chi connectivity index (χ1n) is 7.25. The number of amides is 1. The second kappa shape index (κ2) is 6.76. The lowest BCUT2D eigenvalue weighted by molar-refractivity contribution is 0.0536. The molecule has 0 spiro atoms. The number of hydrogen-bond acceptors (Lipinski definition) is 2. The highest BCUT2D eigenvalue weighted by atomic mass is 79.9. The van der Waals surface area contributed by atoms with Gasteiger partial charge < -0.3 is 14.6 Å². The summed E-state index contributed by atoms with van der Waals surface area (Å²) in [6, 6.07) is 2.33. The van der Waals surface area contributed by atoms with Gasteiger partial charge >= 0.3 is 0 Å². The summed E-state index contributed by atoms with van der Waals surface area (Å²) >= 11 is 3.45. The van der Waals surface area contributed by atoms with Crippen molar-refractivity contribution in [1.29, 1.82) is 0 Å². The van der Waals surface area contributed by atoms with Crippen LogP contribution in [0.2, 0.25) is 0 Å². The fraction of sp³-hybridized carbons (Fsp3) is 0.667. The molecule has 2 rings (SSSR count). The van der Waals surface area contributed by atoms with E-state index in [0.29, 0.717) is 11.6 Å². The Morgan fingerprint density at radius 3 is 2.65 bits per heavy atom. The van der Waals surface area contributed by atoms with E-state index in [4.69, 9.17) is 4.74 Å². The zero-order valence-electron chi connectivity index (χ0n) is 12.4. The van der Waals surface area contributed by atoms with E-state index in [2.05, 4.69) is 42.0 Å². The van der Waals surface area contributed by atoms with Crippen LogP contribution in [0.25, 0.3) is 0 Å². The largest absolute Gasteiger partial charge is 0.381 e. The number of ether oxygens (including phenoxy) is 1. The Kier molecular flexibility index (Phi) is 5.27. The molecule has 5 heteroatoms. The van der Waals surface area contributed by atoms with E-state index in [1.54, 1.807) is 0 Å². The fourth-order valence-electron chi connectivity index (χ4n) is 2.67. The van der Waals surface area contributed by atoms with Crippen molar-refractivity contribution in [3.8, 4) is 0 Å². The van der Waals surface area contributed by atoms with Gasteiger partial charge in [0.05, 0.1) is 0 Å². The van der Waals surface area contributed by atoms with Gasteiger partial charge in [-0.3, -0.25) is 4.79 Å². The molecule has 1 fully saturated rings. The van der Waals surface area contributed by atoms with Crippen molar-refractivity contribution in [2.45, 2.75) is 45.7 Å². The first-order chi connectivity index (χ1) is 9.49. The van der Waals surface area contributed by atoms with E-state index in [0.717, 1.165) is 30.5 Å². The Bertz CT molecular complexity index is 464. The zero-order chi connectivity index (χ0) is 14.7. The summed E-state index contributed by atoms with van der Waals surface area (Å²) in [6.45, 7) is 7.85. The van der Waals surface area contributed by atoms with Gasteiger partial charge in [0.15, 0.2) is 0 Å². The summed E-state index contributed by atoms with van der Waals surface area (Å²) in [5.41, 5.74) is 0.714. The number of nitrogens with zero attached hydrogens (tertiary/aromatic N) is 1. The predicted octanol–water partition coefficient (Wildman–Crippen LogP) is 3.38. The minimum atomic E-state index is 0.00314. The van der Waals surface area contributed by atoms with Crippen molar-refractivity contribution in [2.75, 3.05) is 13.2 Å². The van der Waals surface area contributed by atoms with Gasteiger partial charge in [0, 0.05) is 36.0 Å². The quantitative estimate of drug-likeness (QED) is 0.911. The molecule has 1 unspecified atom stereocenters. The molecule has 0 aromatic carbocycles. The highest BCUT2D eigenvalue weighted by Crippen LogP contribution is 2.21. The molecule has 112 valence electrons. The number of halogens is 1. The summed E-state index contributed by atoms with van der Waals surface area (Å²) in [6.07, 6.45) is 4.01.